The van der Waals surface area contributed by atoms with Crippen molar-refractivity contribution in [3.63, 3.8) is 0 Å². The Hall–Kier alpha value is -0.540. The number of nitrogens with two attached hydrogens (primary N) is 1. The van der Waals surface area contributed by atoms with Gasteiger partial charge in [0.2, 0.25) is 10.0 Å². The van der Waals surface area contributed by atoms with Crippen molar-refractivity contribution in [2.45, 2.75) is 11.4 Å². The summed E-state index contributed by atoms with van der Waals surface area (Å²) in [5, 5.41) is 0. The van der Waals surface area contributed by atoms with Crippen LogP contribution >= 0.6 is 11.8 Å². The highest BCUT2D eigenvalue weighted by Crippen LogP contribution is 2.11. The molecule has 1 aromatic rings. The lowest BCUT2D eigenvalue weighted by Gasteiger charge is -2.25. The van der Waals surface area contributed by atoms with Gasteiger partial charge in [-0.2, -0.15) is 11.8 Å². The van der Waals surface area contributed by atoms with E-state index in [0.29, 0.717) is 18.8 Å². The van der Waals surface area contributed by atoms with Gasteiger partial charge in [-0.3, -0.25) is 0 Å². The molecule has 4 N–H and O–H groups in total. The average Bonchev–Trinajstić information content (AvgIpc) is 2.89. The van der Waals surface area contributed by atoms with Crippen molar-refractivity contribution in [1.29, 1.82) is 0 Å². The summed E-state index contributed by atoms with van der Waals surface area (Å²) in [6.07, 6.45) is 1.47. The van der Waals surface area contributed by atoms with Crippen LogP contribution in [0.3, 0.4) is 0 Å². The van der Waals surface area contributed by atoms with Crippen LogP contribution in [-0.4, -0.2) is 56.0 Å². The molecule has 2 heterocycles. The van der Waals surface area contributed by atoms with Crippen molar-refractivity contribution in [2.24, 2.45) is 5.73 Å². The van der Waals surface area contributed by atoms with Crippen molar-refractivity contribution in [3.05, 3.63) is 18.0 Å². The molecule has 1 aliphatic heterocycles. The van der Waals surface area contributed by atoms with E-state index in [9.17, 15) is 8.42 Å². The summed E-state index contributed by atoms with van der Waals surface area (Å²) in [4.78, 5) is 5.38. The van der Waals surface area contributed by atoms with Crippen molar-refractivity contribution in [1.82, 2.24) is 14.6 Å². The zero-order valence-electron chi connectivity index (χ0n) is 10.8. The van der Waals surface area contributed by atoms with Crippen LogP contribution in [-0.2, 0) is 16.6 Å². The number of nitrogens with zero attached hydrogens (tertiary/aromatic N) is 1. The first kappa shape index (κ1) is 14.9. The van der Waals surface area contributed by atoms with Crippen molar-refractivity contribution in [2.75, 3.05) is 37.7 Å². The SMILES string of the molecule is NCc1cc(S(=O)(=O)NCCN2CCSCC2)c[nH]1. The van der Waals surface area contributed by atoms with Gasteiger partial charge in [-0.15, -0.1) is 0 Å². The molecular weight excluding hydrogens is 284 g/mol. The summed E-state index contributed by atoms with van der Waals surface area (Å²) in [7, 11) is -3.42. The van der Waals surface area contributed by atoms with Crippen LogP contribution in [0.25, 0.3) is 0 Å². The average molecular weight is 304 g/mol. The quantitative estimate of drug-likeness (QED) is 0.677. The van der Waals surface area contributed by atoms with Gasteiger partial charge in [0.15, 0.2) is 0 Å². The van der Waals surface area contributed by atoms with Gasteiger partial charge < -0.3 is 15.6 Å². The Bertz CT molecular complexity index is 495. The Labute approximate surface area is 118 Å². The van der Waals surface area contributed by atoms with Gasteiger partial charge in [0.05, 0.1) is 4.90 Å². The Morgan fingerprint density at radius 3 is 2.79 bits per heavy atom. The zero-order valence-corrected chi connectivity index (χ0v) is 12.4. The monoisotopic (exact) mass is 304 g/mol. The molecule has 8 heteroatoms. The second-order valence-corrected chi connectivity index (χ2v) is 7.41. The first-order valence-electron chi connectivity index (χ1n) is 6.29. The second-order valence-electron chi connectivity index (χ2n) is 4.42. The van der Waals surface area contributed by atoms with Crippen LogP contribution in [0.2, 0.25) is 0 Å². The van der Waals surface area contributed by atoms with Crippen molar-refractivity contribution >= 4 is 21.8 Å². The summed E-state index contributed by atoms with van der Waals surface area (Å²) >= 11 is 1.94. The maximum Gasteiger partial charge on any atom is 0.242 e. The highest BCUT2D eigenvalue weighted by molar-refractivity contribution is 7.99. The molecule has 0 atom stereocenters. The lowest BCUT2D eigenvalue weighted by Crippen LogP contribution is -2.39. The number of H-pyrrole nitrogens is 1. The van der Waals surface area contributed by atoms with E-state index in [1.54, 1.807) is 6.07 Å². The molecule has 19 heavy (non-hydrogen) atoms. The molecule has 0 saturated carbocycles. The molecular formula is C11H20N4O2S2. The second kappa shape index (κ2) is 6.76. The summed E-state index contributed by atoms with van der Waals surface area (Å²) in [6.45, 7) is 3.58. The molecule has 1 fully saturated rings. The molecule has 0 unspecified atom stereocenters. The molecule has 0 amide bonds. The van der Waals surface area contributed by atoms with E-state index < -0.39 is 10.0 Å². The van der Waals surface area contributed by atoms with Crippen LogP contribution in [0.4, 0.5) is 0 Å². The summed E-state index contributed by atoms with van der Waals surface area (Å²) in [5.74, 6) is 2.26. The van der Waals surface area contributed by atoms with Crippen LogP contribution < -0.4 is 10.5 Å². The zero-order chi connectivity index (χ0) is 13.7. The number of hydrogen-bond donors (Lipinski definition) is 3. The van der Waals surface area contributed by atoms with Gasteiger partial charge in [-0.1, -0.05) is 0 Å². The molecule has 0 radical (unpaired) electrons. The van der Waals surface area contributed by atoms with E-state index >= 15 is 0 Å². The highest BCUT2D eigenvalue weighted by atomic mass is 32.2. The predicted octanol–water partition coefficient (Wildman–Crippen LogP) is -0.199. The van der Waals surface area contributed by atoms with E-state index in [2.05, 4.69) is 14.6 Å². The van der Waals surface area contributed by atoms with Crippen LogP contribution in [0, 0.1) is 0 Å². The van der Waals surface area contributed by atoms with Gasteiger partial charge in [-0.05, 0) is 6.07 Å². The standard InChI is InChI=1S/C11H20N4O2S2/c12-8-10-7-11(9-13-10)19(16,17)14-1-2-15-3-5-18-6-4-15/h7,9,13-14H,1-6,8,12H2. The van der Waals surface area contributed by atoms with Gasteiger partial charge in [0.1, 0.15) is 0 Å². The normalized spacial score (nSPS) is 17.7. The Morgan fingerprint density at radius 2 is 2.16 bits per heavy atom. The molecule has 1 aliphatic rings. The fraction of sp³-hybridized carbons (Fsp3) is 0.636. The number of nitrogens with one attached hydrogen (secondary N) is 2. The van der Waals surface area contributed by atoms with Crippen LogP contribution in [0.5, 0.6) is 0 Å². The molecule has 0 aromatic carbocycles. The summed E-state index contributed by atoms with van der Waals surface area (Å²) in [6, 6.07) is 1.57. The fourth-order valence-corrected chi connectivity index (χ4v) is 3.95. The molecule has 2 rings (SSSR count). The minimum atomic E-state index is -3.42. The minimum Gasteiger partial charge on any atom is -0.363 e. The predicted molar refractivity (Wildman–Crippen MR) is 77.6 cm³/mol. The molecule has 0 aliphatic carbocycles. The van der Waals surface area contributed by atoms with Gasteiger partial charge >= 0.3 is 0 Å². The lowest BCUT2D eigenvalue weighted by atomic mass is 10.4. The molecule has 108 valence electrons. The summed E-state index contributed by atoms with van der Waals surface area (Å²) in [5.41, 5.74) is 6.17. The lowest BCUT2D eigenvalue weighted by molar-refractivity contribution is 0.307. The third-order valence-electron chi connectivity index (χ3n) is 3.07. The number of hydrogen-bond acceptors (Lipinski definition) is 5. The first-order chi connectivity index (χ1) is 9.12. The Morgan fingerprint density at radius 1 is 1.42 bits per heavy atom. The largest absolute Gasteiger partial charge is 0.363 e. The van der Waals surface area contributed by atoms with Crippen molar-refractivity contribution < 1.29 is 8.42 Å². The van der Waals surface area contributed by atoms with E-state index in [4.69, 9.17) is 5.73 Å². The number of sulfonamides is 1. The Kier molecular flexibility index (Phi) is 5.28. The molecule has 0 bridgehead atoms. The maximum absolute atomic E-state index is 12.0. The fourth-order valence-electron chi connectivity index (χ4n) is 1.94. The molecule has 0 spiro atoms. The topological polar surface area (TPSA) is 91.2 Å². The van der Waals surface area contributed by atoms with E-state index in [1.807, 2.05) is 11.8 Å². The third kappa shape index (κ3) is 4.22. The molecule has 1 saturated heterocycles. The van der Waals surface area contributed by atoms with Crippen LogP contribution in [0.1, 0.15) is 5.69 Å². The van der Waals surface area contributed by atoms with E-state index in [-0.39, 0.29) is 4.90 Å². The molecule has 6 nitrogen and oxygen atoms in total. The van der Waals surface area contributed by atoms with Gasteiger partial charge in [0, 0.05) is 56.1 Å². The third-order valence-corrected chi connectivity index (χ3v) is 5.45. The number of aromatic amines is 1. The van der Waals surface area contributed by atoms with Gasteiger partial charge in [-0.25, -0.2) is 13.1 Å². The smallest absolute Gasteiger partial charge is 0.242 e. The maximum atomic E-state index is 12.0. The number of rotatable bonds is 6. The van der Waals surface area contributed by atoms with Gasteiger partial charge in [0.25, 0.3) is 0 Å². The molecule has 1 aromatic heterocycles. The Balaban J connectivity index is 1.83. The number of aromatic nitrogens is 1. The van der Waals surface area contributed by atoms with E-state index in [0.717, 1.165) is 31.1 Å². The minimum absolute atomic E-state index is 0.252. The highest BCUT2D eigenvalue weighted by Gasteiger charge is 2.16. The number of thioether (sulfide) groups is 1. The van der Waals surface area contributed by atoms with Crippen LogP contribution in [0.15, 0.2) is 17.2 Å². The van der Waals surface area contributed by atoms with E-state index in [1.165, 1.54) is 6.20 Å². The summed E-state index contributed by atoms with van der Waals surface area (Å²) < 4.78 is 26.6. The van der Waals surface area contributed by atoms with Crippen molar-refractivity contribution in [3.8, 4) is 0 Å². The first-order valence-corrected chi connectivity index (χ1v) is 8.93.